The molecule has 0 fully saturated rings. The van der Waals surface area contributed by atoms with Crippen molar-refractivity contribution in [3.05, 3.63) is 70.1 Å². The minimum absolute atomic E-state index is 0.165. The number of imidazole rings is 1. The molecule has 0 radical (unpaired) electrons. The van der Waals surface area contributed by atoms with E-state index in [2.05, 4.69) is 27.3 Å². The molecule has 172 valence electrons. The van der Waals surface area contributed by atoms with E-state index >= 15 is 0 Å². The summed E-state index contributed by atoms with van der Waals surface area (Å²) in [6, 6.07) is 15.3. The van der Waals surface area contributed by atoms with Gasteiger partial charge in [-0.1, -0.05) is 37.6 Å². The second-order valence-electron chi connectivity index (χ2n) is 7.58. The number of aromatic amines is 1. The number of hydrogen-bond donors (Lipinski definition) is 4. The molecule has 10 nitrogen and oxygen atoms in total. The van der Waals surface area contributed by atoms with E-state index in [4.69, 9.17) is 21.1 Å². The van der Waals surface area contributed by atoms with Crippen LogP contribution in [0.1, 0.15) is 30.9 Å². The predicted molar refractivity (Wildman–Crippen MR) is 126 cm³/mol. The van der Waals surface area contributed by atoms with E-state index in [1.54, 1.807) is 0 Å². The molecular formula is C23H27N7O3. The number of rotatable bonds is 10. The lowest BCUT2D eigenvalue weighted by molar-refractivity contribution is 0.286. The van der Waals surface area contributed by atoms with Crippen LogP contribution in [-0.4, -0.2) is 26.1 Å². The van der Waals surface area contributed by atoms with Crippen molar-refractivity contribution in [2.45, 2.75) is 32.9 Å². The SMILES string of the molecule is CCCCOc1nc(N)c2[nH]c(=O)n(Cc3ccc(Oc4ccc(CNN)cc4)cc3)c2n1. The van der Waals surface area contributed by atoms with Crippen LogP contribution in [0.4, 0.5) is 5.82 Å². The van der Waals surface area contributed by atoms with Gasteiger partial charge < -0.3 is 20.2 Å². The average molecular weight is 450 g/mol. The first-order valence-electron chi connectivity index (χ1n) is 10.8. The smallest absolute Gasteiger partial charge is 0.328 e. The van der Waals surface area contributed by atoms with Crippen LogP contribution < -0.4 is 32.2 Å². The third-order valence-corrected chi connectivity index (χ3v) is 5.09. The van der Waals surface area contributed by atoms with Gasteiger partial charge in [0.05, 0.1) is 13.2 Å². The van der Waals surface area contributed by atoms with Gasteiger partial charge >= 0.3 is 11.7 Å². The lowest BCUT2D eigenvalue weighted by Crippen LogP contribution is -2.20. The van der Waals surface area contributed by atoms with Crippen LogP contribution in [0.5, 0.6) is 17.5 Å². The molecule has 0 saturated heterocycles. The standard InChI is InChI=1S/C23H27N7O3/c1-2-3-12-32-22-28-20(24)19-21(29-22)30(23(31)27-19)14-16-6-10-18(11-7-16)33-17-8-4-15(5-9-17)13-26-25/h4-11,26H,2-3,12-14,25H2,1H3,(H,27,31)(H2,24,28,29). The molecule has 4 aromatic rings. The van der Waals surface area contributed by atoms with Gasteiger partial charge in [-0.25, -0.2) is 4.79 Å². The van der Waals surface area contributed by atoms with Crippen LogP contribution in [0.3, 0.4) is 0 Å². The molecule has 0 aliphatic rings. The van der Waals surface area contributed by atoms with Gasteiger partial charge in [-0.05, 0) is 41.8 Å². The zero-order valence-electron chi connectivity index (χ0n) is 18.4. The molecule has 6 N–H and O–H groups in total. The molecule has 10 heteroatoms. The molecule has 0 saturated carbocycles. The van der Waals surface area contributed by atoms with Crippen molar-refractivity contribution in [2.75, 3.05) is 12.3 Å². The number of nitrogens with two attached hydrogens (primary N) is 2. The second kappa shape index (κ2) is 10.2. The zero-order valence-corrected chi connectivity index (χ0v) is 18.4. The Morgan fingerprint density at radius 1 is 1.03 bits per heavy atom. The molecule has 0 atom stereocenters. The topological polar surface area (TPSA) is 146 Å². The van der Waals surface area contributed by atoms with Crippen LogP contribution in [0.15, 0.2) is 53.3 Å². The van der Waals surface area contributed by atoms with Crippen molar-refractivity contribution in [2.24, 2.45) is 5.84 Å². The van der Waals surface area contributed by atoms with Crippen molar-refractivity contribution in [3.63, 3.8) is 0 Å². The number of benzene rings is 2. The van der Waals surface area contributed by atoms with Gasteiger partial charge in [-0.2, -0.15) is 9.97 Å². The largest absolute Gasteiger partial charge is 0.463 e. The van der Waals surface area contributed by atoms with Gasteiger partial charge in [-0.15, -0.1) is 0 Å². The molecule has 33 heavy (non-hydrogen) atoms. The number of ether oxygens (including phenoxy) is 2. The molecule has 2 aromatic carbocycles. The monoisotopic (exact) mass is 449 g/mol. The maximum atomic E-state index is 12.6. The Morgan fingerprint density at radius 3 is 2.33 bits per heavy atom. The predicted octanol–water partition coefficient (Wildman–Crippen LogP) is 2.68. The van der Waals surface area contributed by atoms with Crippen molar-refractivity contribution < 1.29 is 9.47 Å². The summed E-state index contributed by atoms with van der Waals surface area (Å²) in [7, 11) is 0. The molecule has 0 unspecified atom stereocenters. The number of nitrogens with zero attached hydrogens (tertiary/aromatic N) is 3. The molecule has 2 heterocycles. The Labute approximate surface area is 190 Å². The number of aromatic nitrogens is 4. The number of fused-ring (bicyclic) bond motifs is 1. The first kappa shape index (κ1) is 22.3. The quantitative estimate of drug-likeness (QED) is 0.164. The number of unbranched alkanes of at least 4 members (excludes halogenated alkanes) is 1. The summed E-state index contributed by atoms with van der Waals surface area (Å²) in [5.74, 6) is 6.93. The lowest BCUT2D eigenvalue weighted by Gasteiger charge is -2.09. The van der Waals surface area contributed by atoms with E-state index in [0.29, 0.717) is 36.6 Å². The Hall–Kier alpha value is -3.89. The summed E-state index contributed by atoms with van der Waals surface area (Å²) < 4.78 is 13.0. The van der Waals surface area contributed by atoms with E-state index in [-0.39, 0.29) is 17.5 Å². The Bertz CT molecular complexity index is 1260. The minimum Gasteiger partial charge on any atom is -0.463 e. The number of H-pyrrole nitrogens is 1. The van der Waals surface area contributed by atoms with Crippen molar-refractivity contribution >= 4 is 17.0 Å². The van der Waals surface area contributed by atoms with Gasteiger partial charge in [0.15, 0.2) is 11.5 Å². The van der Waals surface area contributed by atoms with E-state index in [1.165, 1.54) is 4.57 Å². The maximum Gasteiger partial charge on any atom is 0.328 e. The van der Waals surface area contributed by atoms with Gasteiger partial charge in [0, 0.05) is 6.54 Å². The lowest BCUT2D eigenvalue weighted by atomic mass is 10.2. The number of anilines is 1. The van der Waals surface area contributed by atoms with Crippen LogP contribution in [0.25, 0.3) is 11.2 Å². The van der Waals surface area contributed by atoms with Crippen molar-refractivity contribution in [1.82, 2.24) is 24.9 Å². The second-order valence-corrected chi connectivity index (χ2v) is 7.58. The molecule has 0 aliphatic heterocycles. The van der Waals surface area contributed by atoms with Gasteiger partial charge in [0.2, 0.25) is 0 Å². The molecule has 0 amide bonds. The molecule has 4 rings (SSSR count). The first-order chi connectivity index (χ1) is 16.1. The minimum atomic E-state index is -0.316. The number of hydrazine groups is 1. The maximum absolute atomic E-state index is 12.6. The number of nitrogens with one attached hydrogen (secondary N) is 2. The van der Waals surface area contributed by atoms with Gasteiger partial charge in [0.25, 0.3) is 0 Å². The average Bonchev–Trinajstić information content (AvgIpc) is 3.12. The Morgan fingerprint density at radius 2 is 1.70 bits per heavy atom. The van der Waals surface area contributed by atoms with Crippen LogP contribution in [0.2, 0.25) is 0 Å². The highest BCUT2D eigenvalue weighted by Crippen LogP contribution is 2.23. The van der Waals surface area contributed by atoms with Crippen molar-refractivity contribution in [1.29, 1.82) is 0 Å². The fraction of sp³-hybridized carbons (Fsp3) is 0.261. The highest BCUT2D eigenvalue weighted by atomic mass is 16.5. The zero-order chi connectivity index (χ0) is 23.2. The third kappa shape index (κ3) is 5.30. The number of nitrogen functional groups attached to an aromatic ring is 1. The van der Waals surface area contributed by atoms with E-state index in [0.717, 1.165) is 29.7 Å². The summed E-state index contributed by atoms with van der Waals surface area (Å²) in [5.41, 5.74) is 11.1. The van der Waals surface area contributed by atoms with Crippen LogP contribution in [0, 0.1) is 0 Å². The summed E-state index contributed by atoms with van der Waals surface area (Å²) >= 11 is 0. The van der Waals surface area contributed by atoms with Gasteiger partial charge in [-0.3, -0.25) is 15.8 Å². The molecule has 0 bridgehead atoms. The summed E-state index contributed by atoms with van der Waals surface area (Å²) in [6.45, 7) is 3.46. The van der Waals surface area contributed by atoms with E-state index in [9.17, 15) is 4.79 Å². The molecule has 0 spiro atoms. The molecular weight excluding hydrogens is 422 g/mol. The van der Waals surface area contributed by atoms with E-state index < -0.39 is 0 Å². The fourth-order valence-corrected chi connectivity index (χ4v) is 3.32. The van der Waals surface area contributed by atoms with Crippen molar-refractivity contribution in [3.8, 4) is 17.5 Å². The molecule has 0 aliphatic carbocycles. The Balaban J connectivity index is 1.50. The highest BCUT2D eigenvalue weighted by molar-refractivity contribution is 5.81. The van der Waals surface area contributed by atoms with Gasteiger partial charge in [0.1, 0.15) is 17.0 Å². The normalized spacial score (nSPS) is 11.1. The van der Waals surface area contributed by atoms with E-state index in [1.807, 2.05) is 48.5 Å². The third-order valence-electron chi connectivity index (χ3n) is 5.09. The highest BCUT2D eigenvalue weighted by Gasteiger charge is 2.15. The fourth-order valence-electron chi connectivity index (χ4n) is 3.32. The van der Waals surface area contributed by atoms with Crippen LogP contribution >= 0.6 is 0 Å². The Kier molecular flexibility index (Phi) is 6.86. The number of hydrogen-bond acceptors (Lipinski definition) is 8. The van der Waals surface area contributed by atoms with Crippen LogP contribution in [-0.2, 0) is 13.1 Å². The summed E-state index contributed by atoms with van der Waals surface area (Å²) in [6.07, 6.45) is 1.87. The first-order valence-corrected chi connectivity index (χ1v) is 10.8. The molecule has 2 aromatic heterocycles. The summed E-state index contributed by atoms with van der Waals surface area (Å²) in [5, 5.41) is 0. The summed E-state index contributed by atoms with van der Waals surface area (Å²) in [4.78, 5) is 23.8.